The third kappa shape index (κ3) is 16.8. The molecule has 16 heteroatoms. The molecule has 0 aromatic heterocycles. The molecule has 0 saturated carbocycles. The van der Waals surface area contributed by atoms with Gasteiger partial charge in [0.2, 0.25) is 11.6 Å². The van der Waals surface area contributed by atoms with Crippen molar-refractivity contribution >= 4 is 23.9 Å². The van der Waals surface area contributed by atoms with E-state index in [1.165, 1.54) is 48.5 Å². The van der Waals surface area contributed by atoms with Gasteiger partial charge in [-0.2, -0.15) is 0 Å². The summed E-state index contributed by atoms with van der Waals surface area (Å²) in [5.74, 6) is -5.81. The molecule has 358 valence electrons. The van der Waals surface area contributed by atoms with E-state index in [1.54, 1.807) is 12.1 Å². The Morgan fingerprint density at radius 1 is 0.591 bits per heavy atom. The number of esters is 2. The first-order chi connectivity index (χ1) is 30.7. The Morgan fingerprint density at radius 3 is 1.23 bits per heavy atom. The molecule has 4 aromatic carbocycles. The van der Waals surface area contributed by atoms with Crippen molar-refractivity contribution in [3.05, 3.63) is 130 Å². The molecule has 66 heavy (non-hydrogen) atoms. The number of hydrogen-bond donors (Lipinski definition) is 4. The minimum atomic E-state index is -2.39. The second-order valence-corrected chi connectivity index (χ2v) is 19.0. The van der Waals surface area contributed by atoms with Crippen LogP contribution in [0.25, 0.3) is 0 Å². The molecule has 6 N–H and O–H groups in total. The van der Waals surface area contributed by atoms with Crippen LogP contribution in [0.2, 0.25) is 0 Å². The highest BCUT2D eigenvalue weighted by Crippen LogP contribution is 2.34. The average Bonchev–Trinajstić information content (AvgIpc) is 3.25. The number of carbonyl (C=O) groups is 4. The van der Waals surface area contributed by atoms with Crippen LogP contribution in [-0.2, 0) is 41.8 Å². The Hall–Kier alpha value is -5.88. The van der Waals surface area contributed by atoms with Crippen molar-refractivity contribution in [1.82, 2.24) is 0 Å². The summed E-state index contributed by atoms with van der Waals surface area (Å²) in [7, 11) is 0. The fourth-order valence-corrected chi connectivity index (χ4v) is 6.31. The van der Waals surface area contributed by atoms with Crippen molar-refractivity contribution in [3.8, 4) is 11.5 Å². The van der Waals surface area contributed by atoms with Gasteiger partial charge in [-0.1, -0.05) is 48.5 Å². The van der Waals surface area contributed by atoms with Crippen molar-refractivity contribution in [1.29, 1.82) is 0 Å². The molecule has 0 aliphatic carbocycles. The molecule has 0 unspecified atom stereocenters. The molecule has 4 aromatic rings. The lowest BCUT2D eigenvalue weighted by atomic mass is 10.0. The number of aliphatic hydroxyl groups excluding tert-OH is 2. The Kier molecular flexibility index (Phi) is 18.0. The number of nitrogens with two attached hydrogens (primary N) is 2. The van der Waals surface area contributed by atoms with Crippen molar-refractivity contribution in [2.75, 3.05) is 13.1 Å². The maximum absolute atomic E-state index is 12.0. The van der Waals surface area contributed by atoms with E-state index < -0.39 is 59.9 Å². The maximum atomic E-state index is 12.0. The topological polar surface area (TPSA) is 243 Å². The van der Waals surface area contributed by atoms with Crippen LogP contribution in [0, 0.1) is 0 Å². The monoisotopic (exact) mass is 916 g/mol. The largest absolute Gasteiger partial charge is 0.546 e. The lowest BCUT2D eigenvalue weighted by Gasteiger charge is -2.33. The van der Waals surface area contributed by atoms with Gasteiger partial charge in [0.15, 0.2) is 12.2 Å². The summed E-state index contributed by atoms with van der Waals surface area (Å²) in [4.78, 5) is 46.5. The Bertz CT molecular complexity index is 2090. The third-order valence-corrected chi connectivity index (χ3v) is 9.93. The van der Waals surface area contributed by atoms with Crippen molar-refractivity contribution in [2.45, 2.75) is 130 Å². The molecule has 2 heterocycles. The van der Waals surface area contributed by atoms with E-state index in [4.69, 9.17) is 18.9 Å². The van der Waals surface area contributed by atoms with E-state index in [-0.39, 0.29) is 22.2 Å². The number of carboxylic acids is 2. The van der Waals surface area contributed by atoms with Crippen LogP contribution in [-0.4, -0.2) is 82.0 Å². The predicted molar refractivity (Wildman–Crippen MR) is 236 cm³/mol. The standard InChI is InChI=1S/C18H14O8.2C16H25NO3/c19-15(20)13(25-17(23)11-7-3-1-4-8-11)14(16(21)22)26-18(24)12-9-5-2-6-10-12;2*1-15(2,3)17-9-13(18)11-6-7-14-12(8-11)10-19-16(4,5)20-14/h1-10,13-14H,(H,19,20)(H,21,22);2*6-8,13,17-18H,9-10H2,1-5H3/t13-,14-;2*13-/m000/s1. The minimum Gasteiger partial charge on any atom is -0.546 e. The van der Waals surface area contributed by atoms with E-state index in [0.29, 0.717) is 26.3 Å². The van der Waals surface area contributed by atoms with E-state index in [1.807, 2.05) is 64.1 Å². The smallest absolute Gasteiger partial charge is 0.338 e. The lowest BCUT2D eigenvalue weighted by molar-refractivity contribution is -0.723. The number of quaternary nitrogens is 2. The van der Waals surface area contributed by atoms with Gasteiger partial charge in [-0.05, 0) is 101 Å². The molecule has 0 spiro atoms. The molecule has 0 amide bonds. The fraction of sp³-hybridized carbons (Fsp3) is 0.440. The number of carbonyl (C=O) groups excluding carboxylic acids is 4. The zero-order valence-corrected chi connectivity index (χ0v) is 39.3. The number of fused-ring (bicyclic) bond motifs is 2. The predicted octanol–water partition coefficient (Wildman–Crippen LogP) is 2.39. The molecule has 6 rings (SSSR count). The van der Waals surface area contributed by atoms with Crippen LogP contribution in [0.4, 0.5) is 0 Å². The average molecular weight is 917 g/mol. The second-order valence-electron chi connectivity index (χ2n) is 19.0. The van der Waals surface area contributed by atoms with Crippen LogP contribution >= 0.6 is 0 Å². The molecule has 4 atom stereocenters. The van der Waals surface area contributed by atoms with E-state index >= 15 is 0 Å². The van der Waals surface area contributed by atoms with E-state index in [9.17, 15) is 39.6 Å². The number of hydrogen-bond acceptors (Lipinski definition) is 14. The molecule has 0 radical (unpaired) electrons. The van der Waals surface area contributed by atoms with Crippen molar-refractivity contribution < 1.29 is 78.7 Å². The normalized spacial score (nSPS) is 16.5. The number of ether oxygens (including phenoxy) is 6. The van der Waals surface area contributed by atoms with Crippen molar-refractivity contribution in [3.63, 3.8) is 0 Å². The first-order valence-electron chi connectivity index (χ1n) is 21.6. The van der Waals surface area contributed by atoms with Gasteiger partial charge in [0.25, 0.3) is 0 Å². The van der Waals surface area contributed by atoms with Crippen LogP contribution in [0.5, 0.6) is 11.5 Å². The van der Waals surface area contributed by atoms with Crippen LogP contribution in [0.3, 0.4) is 0 Å². The number of rotatable bonds is 13. The van der Waals surface area contributed by atoms with Gasteiger partial charge in [-0.3, -0.25) is 0 Å². The van der Waals surface area contributed by atoms with Crippen LogP contribution in [0.15, 0.2) is 97.1 Å². The summed E-state index contributed by atoms with van der Waals surface area (Å²) in [5.41, 5.74) is 4.01. The maximum Gasteiger partial charge on any atom is 0.338 e. The molecule has 0 saturated heterocycles. The van der Waals surface area contributed by atoms with E-state index in [0.717, 1.165) is 33.8 Å². The summed E-state index contributed by atoms with van der Waals surface area (Å²) in [6, 6.07) is 26.2. The van der Waals surface area contributed by atoms with Gasteiger partial charge >= 0.3 is 11.9 Å². The molecule has 2 aliphatic heterocycles. The molecule has 16 nitrogen and oxygen atoms in total. The molecule has 0 fully saturated rings. The van der Waals surface area contributed by atoms with Crippen LogP contribution in [0.1, 0.15) is 124 Å². The lowest BCUT2D eigenvalue weighted by Crippen LogP contribution is -2.95. The fourth-order valence-electron chi connectivity index (χ4n) is 6.31. The summed E-state index contributed by atoms with van der Waals surface area (Å²) < 4.78 is 32.1. The summed E-state index contributed by atoms with van der Waals surface area (Å²) in [6.45, 7) is 22.7. The zero-order valence-electron chi connectivity index (χ0n) is 39.3. The molecular formula is C50H64N2O14. The minimum absolute atomic E-state index is 0.0229. The third-order valence-electron chi connectivity index (χ3n) is 9.93. The zero-order chi connectivity index (χ0) is 49.0. The number of carboxylic acid groups (broad SMARTS) is 2. The molecule has 2 aliphatic rings. The number of aliphatic hydroxyl groups is 2. The second kappa shape index (κ2) is 22.5. The van der Waals surface area contributed by atoms with Gasteiger partial charge < -0.3 is 69.1 Å². The quantitative estimate of drug-likeness (QED) is 0.141. The first-order valence-corrected chi connectivity index (χ1v) is 21.6. The highest BCUT2D eigenvalue weighted by molar-refractivity contribution is 5.94. The highest BCUT2D eigenvalue weighted by atomic mass is 16.7. The number of aliphatic carboxylic acids is 2. The van der Waals surface area contributed by atoms with Crippen LogP contribution < -0.4 is 30.3 Å². The van der Waals surface area contributed by atoms with Gasteiger partial charge in [0.1, 0.15) is 36.8 Å². The molecule has 0 bridgehead atoms. The first kappa shape index (κ1) is 52.7. The van der Waals surface area contributed by atoms with Gasteiger partial charge in [-0.15, -0.1) is 0 Å². The number of benzene rings is 4. The summed E-state index contributed by atoms with van der Waals surface area (Å²) in [5, 5.41) is 47.4. The molecular weight excluding hydrogens is 853 g/mol. The highest BCUT2D eigenvalue weighted by Gasteiger charge is 2.33. The van der Waals surface area contributed by atoms with E-state index in [2.05, 4.69) is 61.6 Å². The Labute approximate surface area is 386 Å². The van der Waals surface area contributed by atoms with Crippen molar-refractivity contribution in [2.24, 2.45) is 0 Å². The van der Waals surface area contributed by atoms with Gasteiger partial charge in [0.05, 0.1) is 47.4 Å². The summed E-state index contributed by atoms with van der Waals surface area (Å²) >= 11 is 0. The Morgan fingerprint density at radius 2 is 0.924 bits per heavy atom. The SMILES string of the molecule is CC(C)(C)[NH2+]C[C@H](O)c1ccc2c(c1)COC(C)(C)O2.CC(C)(C)[NH2+]C[C@H](O)c1ccc2c(c1)COC(C)(C)O2.O=C(O[C@H](C(=O)[O-])[C@H](OC(=O)c1ccccc1)C(=O)[O-])c1ccccc1. The Balaban J connectivity index is 0.000000219. The summed E-state index contributed by atoms with van der Waals surface area (Å²) in [6.07, 6.45) is -5.73. The van der Waals surface area contributed by atoms with Gasteiger partial charge in [0, 0.05) is 38.8 Å². The van der Waals surface area contributed by atoms with Gasteiger partial charge in [-0.25, -0.2) is 9.59 Å².